The largest absolute Gasteiger partial charge is 0.494 e. The maximum absolute atomic E-state index is 15.0. The Hall–Kier alpha value is -7.09. The number of nitrogens with two attached hydrogens (primary N) is 4. The SMILES string of the molecule is CCCOc1ccc(C[C@@H]2NC(=O)CC3(CCCCC3)SSC[C@H](C(=O)N3CCC[C@H]3C(=O)N[C@@H](CCCN=C(N)N)C(=O)NCC(N)=O)NC(=O)[C@@H](CC(N)=O)NC(=O)[C@H](C(C)C)NC(=O)[C@@H](Cc3ccccc3)NC2=O)cc1. The Morgan fingerprint density at radius 1 is 0.775 bits per heavy atom. The highest BCUT2D eigenvalue weighted by Crippen LogP contribution is 2.48. The lowest BCUT2D eigenvalue weighted by molar-refractivity contribution is -0.142. The number of carbonyl (C=O) groups excluding carboxylic acids is 10. The number of nitrogens with one attached hydrogen (secondary N) is 7. The quantitative estimate of drug-likeness (QED) is 0.0355. The molecule has 24 nitrogen and oxygen atoms in total. The molecule has 2 aromatic carbocycles. The first kappa shape index (κ1) is 63.7. The van der Waals surface area contributed by atoms with Gasteiger partial charge >= 0.3 is 0 Å². The summed E-state index contributed by atoms with van der Waals surface area (Å²) in [6, 6.07) is 6.90. The molecule has 1 saturated carbocycles. The van der Waals surface area contributed by atoms with Crippen LogP contribution in [0.25, 0.3) is 0 Å². The molecule has 5 rings (SSSR count). The van der Waals surface area contributed by atoms with E-state index < -0.39 is 125 Å². The molecule has 1 spiro atoms. The lowest BCUT2D eigenvalue weighted by atomic mass is 9.85. The first-order valence-corrected chi connectivity index (χ1v) is 29.6. The van der Waals surface area contributed by atoms with Crippen LogP contribution in [0.2, 0.25) is 0 Å². The number of primary amides is 2. The highest BCUT2D eigenvalue weighted by atomic mass is 33.1. The van der Waals surface area contributed by atoms with Crippen LogP contribution in [0.5, 0.6) is 5.75 Å². The van der Waals surface area contributed by atoms with E-state index in [0.717, 1.165) is 25.7 Å². The van der Waals surface area contributed by atoms with Gasteiger partial charge in [0.2, 0.25) is 59.1 Å². The van der Waals surface area contributed by atoms with Crippen molar-refractivity contribution in [3.63, 3.8) is 0 Å². The van der Waals surface area contributed by atoms with Crippen molar-refractivity contribution in [1.29, 1.82) is 0 Å². The van der Waals surface area contributed by atoms with Gasteiger partial charge in [0.05, 0.1) is 19.6 Å². The van der Waals surface area contributed by atoms with Gasteiger partial charge in [0, 0.05) is 42.9 Å². The number of aliphatic imine (C=N–C) groups is 1. The normalized spacial score (nSPS) is 22.8. The summed E-state index contributed by atoms with van der Waals surface area (Å²) in [6.07, 6.45) is 4.56. The number of likely N-dealkylation sites (tertiary alicyclic amines) is 1. The second-order valence-corrected chi connectivity index (χ2v) is 23.6. The van der Waals surface area contributed by atoms with E-state index in [-0.39, 0.29) is 63.3 Å². The fourth-order valence-electron chi connectivity index (χ4n) is 9.72. The number of rotatable bonds is 20. The van der Waals surface area contributed by atoms with E-state index in [1.54, 1.807) is 68.4 Å². The molecule has 10 amide bonds. The van der Waals surface area contributed by atoms with Gasteiger partial charge in [-0.15, -0.1) is 0 Å². The van der Waals surface area contributed by atoms with Gasteiger partial charge in [-0.25, -0.2) is 0 Å². The standard InChI is InChI=1S/C54H79N13O11S2/c1-4-25-78-35-19-17-34(18-20-35)27-37-47(72)63-38(26-33-13-7-5-8-14-33)49(74)66-45(32(2)3)51(76)64-39(28-42(55)68)48(73)65-40(31-79-80-54(29-44(70)61-37)21-9-6-10-22-54)52(77)67-24-12-16-41(67)50(75)62-36(15-11-23-59-53(57)58)46(71)60-30-43(56)69/h5,7-8,13-14,17-20,32,36-41,45H,4,6,9-12,15-16,21-31H2,1-3H3,(H2,55,68)(H2,56,69)(H,60,71)(H,61,70)(H,62,75)(H,63,72)(H,64,76)(H,65,73)(H,66,74)(H4,57,58,59)/t36-,37-,38+,39+,40+,41-,45-/m0/s1. The number of hydrogen-bond donors (Lipinski definition) is 11. The van der Waals surface area contributed by atoms with Crippen molar-refractivity contribution in [2.75, 3.05) is 32.0 Å². The molecule has 438 valence electrons. The first-order chi connectivity index (χ1) is 38.2. The molecule has 2 aliphatic heterocycles. The van der Waals surface area contributed by atoms with E-state index in [2.05, 4.69) is 42.2 Å². The average molecular weight is 1150 g/mol. The van der Waals surface area contributed by atoms with Gasteiger partial charge in [0.15, 0.2) is 5.96 Å². The Bertz CT molecular complexity index is 2510. The Labute approximate surface area is 474 Å². The van der Waals surface area contributed by atoms with E-state index in [1.165, 1.54) is 26.5 Å². The minimum absolute atomic E-state index is 0.0127. The molecule has 7 atom stereocenters. The molecule has 2 heterocycles. The number of hydrogen-bond acceptors (Lipinski definition) is 14. The molecule has 80 heavy (non-hydrogen) atoms. The lowest BCUT2D eigenvalue weighted by Crippen LogP contribution is -2.61. The predicted octanol–water partition coefficient (Wildman–Crippen LogP) is -0.165. The van der Waals surface area contributed by atoms with E-state index in [0.29, 0.717) is 42.7 Å². The molecule has 1 aliphatic carbocycles. The maximum atomic E-state index is 15.0. The summed E-state index contributed by atoms with van der Waals surface area (Å²) in [5.41, 5.74) is 23.2. The highest BCUT2D eigenvalue weighted by molar-refractivity contribution is 8.77. The van der Waals surface area contributed by atoms with Gasteiger partial charge in [-0.1, -0.05) is 104 Å². The highest BCUT2D eigenvalue weighted by Gasteiger charge is 2.42. The third kappa shape index (κ3) is 20.2. The van der Waals surface area contributed by atoms with Crippen molar-refractivity contribution in [2.45, 2.75) is 158 Å². The van der Waals surface area contributed by atoms with Gasteiger partial charge in [-0.05, 0) is 74.1 Å². The summed E-state index contributed by atoms with van der Waals surface area (Å²) in [5, 5.41) is 19.0. The molecular weight excluding hydrogens is 1070 g/mol. The van der Waals surface area contributed by atoms with Gasteiger partial charge in [0.1, 0.15) is 48.0 Å². The second kappa shape index (κ2) is 31.6. The van der Waals surface area contributed by atoms with E-state index in [4.69, 9.17) is 27.7 Å². The van der Waals surface area contributed by atoms with Crippen molar-refractivity contribution in [3.8, 4) is 5.75 Å². The van der Waals surface area contributed by atoms with Crippen molar-refractivity contribution >= 4 is 86.6 Å². The minimum atomic E-state index is -1.66. The smallest absolute Gasteiger partial charge is 0.246 e. The zero-order valence-electron chi connectivity index (χ0n) is 45.8. The maximum Gasteiger partial charge on any atom is 0.246 e. The first-order valence-electron chi connectivity index (χ1n) is 27.2. The molecule has 2 saturated heterocycles. The fraction of sp³-hybridized carbons (Fsp3) is 0.574. The fourth-order valence-corrected chi connectivity index (χ4v) is 13.1. The molecule has 3 fully saturated rings. The summed E-state index contributed by atoms with van der Waals surface area (Å²) in [5.74, 6) is -7.86. The summed E-state index contributed by atoms with van der Waals surface area (Å²) in [4.78, 5) is 144. The number of ether oxygens (including phenoxy) is 1. The third-order valence-electron chi connectivity index (χ3n) is 13.9. The van der Waals surface area contributed by atoms with Crippen LogP contribution in [0, 0.1) is 5.92 Å². The van der Waals surface area contributed by atoms with E-state index >= 15 is 0 Å². The van der Waals surface area contributed by atoms with Crippen LogP contribution in [0.1, 0.15) is 109 Å². The molecule has 3 aliphatic rings. The Kier molecular flexibility index (Phi) is 25.2. The zero-order chi connectivity index (χ0) is 58.4. The average Bonchev–Trinajstić information content (AvgIpc) is 3.91. The van der Waals surface area contributed by atoms with Crippen LogP contribution >= 0.6 is 21.6 Å². The molecule has 0 aromatic heterocycles. The summed E-state index contributed by atoms with van der Waals surface area (Å²) in [7, 11) is 2.59. The van der Waals surface area contributed by atoms with Gasteiger partial charge in [-0.2, -0.15) is 0 Å². The summed E-state index contributed by atoms with van der Waals surface area (Å²) < 4.78 is 5.07. The summed E-state index contributed by atoms with van der Waals surface area (Å²) in [6.45, 7) is 5.49. The number of guanidine groups is 1. The van der Waals surface area contributed by atoms with Crippen molar-refractivity contribution < 1.29 is 52.7 Å². The Morgan fingerprint density at radius 2 is 1.41 bits per heavy atom. The van der Waals surface area contributed by atoms with Crippen molar-refractivity contribution in [1.82, 2.24) is 42.1 Å². The lowest BCUT2D eigenvalue weighted by Gasteiger charge is -2.37. The van der Waals surface area contributed by atoms with Crippen LogP contribution < -0.4 is 64.9 Å². The third-order valence-corrected chi connectivity index (χ3v) is 17.2. The zero-order valence-corrected chi connectivity index (χ0v) is 47.4. The van der Waals surface area contributed by atoms with E-state index in [9.17, 15) is 47.9 Å². The molecule has 0 radical (unpaired) electrons. The molecule has 2 aromatic rings. The Balaban J connectivity index is 1.52. The van der Waals surface area contributed by atoms with Crippen LogP contribution in [-0.4, -0.2) is 149 Å². The van der Waals surface area contributed by atoms with E-state index in [1.807, 2.05) is 6.92 Å². The molecule has 15 N–H and O–H groups in total. The van der Waals surface area contributed by atoms with Crippen molar-refractivity contribution in [2.24, 2.45) is 33.8 Å². The minimum Gasteiger partial charge on any atom is -0.494 e. The molecule has 0 unspecified atom stereocenters. The van der Waals surface area contributed by atoms with Crippen LogP contribution in [0.4, 0.5) is 0 Å². The van der Waals surface area contributed by atoms with Gasteiger partial charge < -0.3 is 69.8 Å². The van der Waals surface area contributed by atoms with Crippen LogP contribution in [-0.2, 0) is 60.8 Å². The Morgan fingerprint density at radius 3 is 2.05 bits per heavy atom. The monoisotopic (exact) mass is 1150 g/mol. The number of carbonyl (C=O) groups is 10. The van der Waals surface area contributed by atoms with Gasteiger partial charge in [-0.3, -0.25) is 52.9 Å². The predicted molar refractivity (Wildman–Crippen MR) is 304 cm³/mol. The molecular formula is C54H79N13O11S2. The summed E-state index contributed by atoms with van der Waals surface area (Å²) >= 11 is 0. The van der Waals surface area contributed by atoms with Crippen LogP contribution in [0.15, 0.2) is 59.6 Å². The molecule has 26 heteroatoms. The molecule has 0 bridgehead atoms. The number of amides is 10. The number of nitrogens with zero attached hydrogens (tertiary/aromatic N) is 2. The van der Waals surface area contributed by atoms with Crippen LogP contribution in [0.3, 0.4) is 0 Å². The topological polar surface area (TPSA) is 384 Å². The van der Waals surface area contributed by atoms with Crippen molar-refractivity contribution in [3.05, 3.63) is 65.7 Å². The van der Waals surface area contributed by atoms with Gasteiger partial charge in [0.25, 0.3) is 0 Å². The second-order valence-electron chi connectivity index (χ2n) is 20.8. The number of benzene rings is 2.